The van der Waals surface area contributed by atoms with E-state index in [-0.39, 0.29) is 34.8 Å². The number of thioether (sulfide) groups is 1. The number of nitrogens with one attached hydrogen (secondary N) is 1. The number of nitrogens with zero attached hydrogens (tertiary/aromatic N) is 2. The van der Waals surface area contributed by atoms with Gasteiger partial charge < -0.3 is 10.1 Å². The van der Waals surface area contributed by atoms with E-state index < -0.39 is 15.3 Å². The Morgan fingerprint density at radius 3 is 2.53 bits per heavy atom. The van der Waals surface area contributed by atoms with Crippen LogP contribution in [0.3, 0.4) is 0 Å². The zero-order chi connectivity index (χ0) is 26.0. The molecule has 1 aliphatic heterocycles. The maximum atomic E-state index is 12.9. The van der Waals surface area contributed by atoms with Crippen molar-refractivity contribution in [1.29, 1.82) is 0 Å². The Balaban J connectivity index is 1.61. The summed E-state index contributed by atoms with van der Waals surface area (Å²) in [6.45, 7) is 6.53. The first-order chi connectivity index (χ1) is 17.3. The summed E-state index contributed by atoms with van der Waals surface area (Å²) in [5.41, 5.74) is 0.581. The second kappa shape index (κ2) is 13.3. The maximum absolute atomic E-state index is 12.9. The van der Waals surface area contributed by atoms with Crippen molar-refractivity contribution >= 4 is 44.5 Å². The van der Waals surface area contributed by atoms with Gasteiger partial charge in [-0.05, 0) is 42.8 Å². The van der Waals surface area contributed by atoms with Crippen molar-refractivity contribution in [2.45, 2.75) is 49.2 Å². The molecular weight excluding hydrogens is 498 g/mol. The minimum atomic E-state index is -4.01. The predicted octanol–water partition coefficient (Wildman–Crippen LogP) is 4.85. The molecule has 1 fully saturated rings. The molecule has 2 aromatic carbocycles. The highest BCUT2D eigenvalue weighted by atomic mass is 32.2. The summed E-state index contributed by atoms with van der Waals surface area (Å²) in [5, 5.41) is 2.02. The molecule has 0 radical (unpaired) electrons. The first-order valence-corrected chi connectivity index (χ1v) is 14.2. The van der Waals surface area contributed by atoms with Gasteiger partial charge in [0.1, 0.15) is 11.0 Å². The van der Waals surface area contributed by atoms with Crippen LogP contribution in [-0.2, 0) is 19.6 Å². The zero-order valence-corrected chi connectivity index (χ0v) is 21.9. The molecule has 0 bridgehead atoms. The summed E-state index contributed by atoms with van der Waals surface area (Å²) in [6.07, 6.45) is 5.86. The van der Waals surface area contributed by atoms with Crippen molar-refractivity contribution in [2.24, 2.45) is 4.40 Å². The summed E-state index contributed by atoms with van der Waals surface area (Å²) in [4.78, 5) is 26.8. The van der Waals surface area contributed by atoms with Crippen LogP contribution in [-0.4, -0.2) is 48.7 Å². The lowest BCUT2D eigenvalue weighted by molar-refractivity contribution is -0.127. The van der Waals surface area contributed by atoms with Crippen LogP contribution in [0.25, 0.3) is 0 Å². The number of anilines is 1. The van der Waals surface area contributed by atoms with Crippen LogP contribution in [0.15, 0.2) is 76.5 Å². The van der Waals surface area contributed by atoms with Crippen molar-refractivity contribution in [2.75, 3.05) is 18.5 Å². The molecule has 0 aromatic heterocycles. The van der Waals surface area contributed by atoms with E-state index >= 15 is 0 Å². The molecule has 0 aliphatic carbocycles. The van der Waals surface area contributed by atoms with E-state index in [9.17, 15) is 18.0 Å². The van der Waals surface area contributed by atoms with Crippen LogP contribution in [0.4, 0.5) is 5.69 Å². The van der Waals surface area contributed by atoms with E-state index in [4.69, 9.17) is 4.74 Å². The van der Waals surface area contributed by atoms with Crippen molar-refractivity contribution in [3.05, 3.63) is 67.3 Å². The summed E-state index contributed by atoms with van der Waals surface area (Å²) in [5.74, 6) is -0.0183. The Kier molecular flexibility index (Phi) is 10.1. The highest BCUT2D eigenvalue weighted by Gasteiger charge is 2.39. The van der Waals surface area contributed by atoms with Gasteiger partial charge in [-0.25, -0.2) is 0 Å². The normalized spacial score (nSPS) is 16.8. The van der Waals surface area contributed by atoms with Crippen LogP contribution in [0.1, 0.15) is 39.0 Å². The van der Waals surface area contributed by atoms with Gasteiger partial charge >= 0.3 is 0 Å². The van der Waals surface area contributed by atoms with Crippen molar-refractivity contribution in [3.63, 3.8) is 0 Å². The molecule has 10 heteroatoms. The number of hydrogen-bond donors (Lipinski definition) is 1. The van der Waals surface area contributed by atoms with Crippen LogP contribution in [0.5, 0.6) is 5.75 Å². The largest absolute Gasteiger partial charge is 0.494 e. The van der Waals surface area contributed by atoms with Crippen molar-refractivity contribution < 1.29 is 22.7 Å². The van der Waals surface area contributed by atoms with E-state index in [1.807, 2.05) is 0 Å². The standard InChI is InChI=1S/C26H31N3O5S2/c1-3-5-6-10-18-34-21-15-13-20(14-16-21)27-24(30)19-23-25(31)29(17-4-2)26(35-23)28-36(32,33)22-11-8-7-9-12-22/h4,7-9,11-16,23H,2-3,5-6,10,17-19H2,1H3,(H,27,30). The number of amides is 2. The fraction of sp³-hybridized carbons (Fsp3) is 0.346. The van der Waals surface area contributed by atoms with E-state index in [1.54, 1.807) is 42.5 Å². The second-order valence-electron chi connectivity index (χ2n) is 8.19. The molecule has 1 N–H and O–H groups in total. The third-order valence-electron chi connectivity index (χ3n) is 5.35. The Labute approximate surface area is 216 Å². The van der Waals surface area contributed by atoms with Crippen molar-refractivity contribution in [3.8, 4) is 5.75 Å². The van der Waals surface area contributed by atoms with Gasteiger partial charge in [-0.3, -0.25) is 14.5 Å². The SMILES string of the molecule is C=CCN1C(=O)C(CC(=O)Nc2ccc(OCCCCCC)cc2)SC1=NS(=O)(=O)c1ccccc1. The molecule has 1 atom stereocenters. The van der Waals surface area contributed by atoms with Crippen LogP contribution >= 0.6 is 11.8 Å². The lowest BCUT2D eigenvalue weighted by Crippen LogP contribution is -2.33. The van der Waals surface area contributed by atoms with Gasteiger partial charge in [-0.15, -0.1) is 11.0 Å². The monoisotopic (exact) mass is 529 g/mol. The number of sulfonamides is 1. The molecule has 1 saturated heterocycles. The average molecular weight is 530 g/mol. The van der Waals surface area contributed by atoms with Gasteiger partial charge in [-0.1, -0.05) is 62.2 Å². The number of ether oxygens (including phenoxy) is 1. The van der Waals surface area contributed by atoms with E-state index in [0.29, 0.717) is 12.3 Å². The Bertz CT molecular complexity index is 1180. The lowest BCUT2D eigenvalue weighted by Gasteiger charge is -2.13. The molecule has 1 unspecified atom stereocenters. The van der Waals surface area contributed by atoms with Crippen LogP contribution in [0.2, 0.25) is 0 Å². The minimum Gasteiger partial charge on any atom is -0.494 e. The fourth-order valence-corrected chi connectivity index (χ4v) is 5.87. The lowest BCUT2D eigenvalue weighted by atomic mass is 10.2. The number of amidine groups is 1. The van der Waals surface area contributed by atoms with Gasteiger partial charge in [-0.2, -0.15) is 8.42 Å². The molecule has 1 aliphatic rings. The third kappa shape index (κ3) is 7.69. The quantitative estimate of drug-likeness (QED) is 0.294. The predicted molar refractivity (Wildman–Crippen MR) is 144 cm³/mol. The van der Waals surface area contributed by atoms with E-state index in [2.05, 4.69) is 23.2 Å². The topological polar surface area (TPSA) is 105 Å². The summed E-state index contributed by atoms with van der Waals surface area (Å²) >= 11 is 0.963. The van der Waals surface area contributed by atoms with Crippen LogP contribution < -0.4 is 10.1 Å². The summed E-state index contributed by atoms with van der Waals surface area (Å²) < 4.78 is 35.0. The Morgan fingerprint density at radius 2 is 1.86 bits per heavy atom. The zero-order valence-electron chi connectivity index (χ0n) is 20.3. The smallest absolute Gasteiger partial charge is 0.284 e. The van der Waals surface area contributed by atoms with Crippen LogP contribution in [0, 0.1) is 0 Å². The van der Waals surface area contributed by atoms with Gasteiger partial charge in [0.25, 0.3) is 10.0 Å². The van der Waals surface area contributed by atoms with Crippen molar-refractivity contribution in [1.82, 2.24) is 4.90 Å². The maximum Gasteiger partial charge on any atom is 0.284 e. The van der Waals surface area contributed by atoms with Gasteiger partial charge in [0.15, 0.2) is 5.17 Å². The number of hydrogen-bond acceptors (Lipinski definition) is 6. The molecule has 0 saturated carbocycles. The minimum absolute atomic E-state index is 0.0266. The van der Waals surface area contributed by atoms with E-state index in [1.165, 1.54) is 36.0 Å². The average Bonchev–Trinajstić information content (AvgIpc) is 3.14. The first-order valence-electron chi connectivity index (χ1n) is 11.9. The Morgan fingerprint density at radius 1 is 1.14 bits per heavy atom. The summed E-state index contributed by atoms with van der Waals surface area (Å²) in [7, 11) is -4.01. The Hall–Kier alpha value is -3.11. The molecule has 3 rings (SSSR count). The molecule has 0 spiro atoms. The third-order valence-corrected chi connectivity index (χ3v) is 7.92. The molecule has 192 valence electrons. The molecule has 2 aromatic rings. The van der Waals surface area contributed by atoms with Gasteiger partial charge in [0, 0.05) is 18.7 Å². The molecule has 8 nitrogen and oxygen atoms in total. The summed E-state index contributed by atoms with van der Waals surface area (Å²) in [6, 6.07) is 14.8. The highest BCUT2D eigenvalue weighted by molar-refractivity contribution is 8.16. The number of carbonyl (C=O) groups excluding carboxylic acids is 2. The second-order valence-corrected chi connectivity index (χ2v) is 11.0. The molecule has 2 amide bonds. The highest BCUT2D eigenvalue weighted by Crippen LogP contribution is 2.31. The number of carbonyl (C=O) groups is 2. The number of rotatable bonds is 13. The molecule has 36 heavy (non-hydrogen) atoms. The molecule has 1 heterocycles. The molecular formula is C26H31N3O5S2. The van der Waals surface area contributed by atoms with Gasteiger partial charge in [0.2, 0.25) is 11.8 Å². The fourth-order valence-electron chi connectivity index (χ4n) is 3.49. The first kappa shape index (κ1) is 27.5. The van der Waals surface area contributed by atoms with Gasteiger partial charge in [0.05, 0.1) is 11.5 Å². The number of unbranched alkanes of at least 4 members (excludes halogenated alkanes) is 3. The number of benzene rings is 2. The van der Waals surface area contributed by atoms with E-state index in [0.717, 1.165) is 30.4 Å².